The number of nitrogens with one attached hydrogen (secondary N) is 1. The van der Waals surface area contributed by atoms with Crippen LogP contribution in [0.4, 0.5) is 5.69 Å². The minimum atomic E-state index is -0.970. The molecule has 0 radical (unpaired) electrons. The SMILES string of the molecule is C#CCN(c1ccc(C(=O)O)cc1)C1CCc2cc3nc(COCC(C)(C)C)[nH]c(=O)c3cc21. The van der Waals surface area contributed by atoms with E-state index in [9.17, 15) is 14.7 Å². The Labute approximate surface area is 198 Å². The van der Waals surface area contributed by atoms with Gasteiger partial charge in [0.05, 0.1) is 35.7 Å². The first-order valence-electron chi connectivity index (χ1n) is 11.3. The van der Waals surface area contributed by atoms with E-state index in [1.165, 1.54) is 0 Å². The van der Waals surface area contributed by atoms with Crippen LogP contribution in [0.2, 0.25) is 0 Å². The molecule has 1 aliphatic rings. The quantitative estimate of drug-likeness (QED) is 0.511. The molecule has 1 heterocycles. The zero-order valence-corrected chi connectivity index (χ0v) is 19.7. The Balaban J connectivity index is 1.65. The molecule has 0 saturated carbocycles. The molecule has 1 aromatic heterocycles. The van der Waals surface area contributed by atoms with E-state index in [0.29, 0.717) is 29.9 Å². The summed E-state index contributed by atoms with van der Waals surface area (Å²) in [5.41, 5.74) is 3.76. The van der Waals surface area contributed by atoms with Crippen molar-refractivity contribution in [3.8, 4) is 12.3 Å². The number of hydrogen-bond donors (Lipinski definition) is 2. The molecular weight excluding hydrogens is 430 g/mol. The van der Waals surface area contributed by atoms with Gasteiger partial charge in [0.2, 0.25) is 0 Å². The van der Waals surface area contributed by atoms with E-state index >= 15 is 0 Å². The smallest absolute Gasteiger partial charge is 0.335 e. The zero-order valence-electron chi connectivity index (χ0n) is 19.7. The average Bonchev–Trinajstić information content (AvgIpc) is 3.18. The molecule has 1 aliphatic carbocycles. The Morgan fingerprint density at radius 3 is 2.68 bits per heavy atom. The summed E-state index contributed by atoms with van der Waals surface area (Å²) in [5, 5.41) is 9.73. The minimum absolute atomic E-state index is 0.0136. The third kappa shape index (κ3) is 4.97. The molecule has 0 saturated heterocycles. The van der Waals surface area contributed by atoms with Crippen molar-refractivity contribution in [3.05, 3.63) is 69.3 Å². The molecule has 0 aliphatic heterocycles. The van der Waals surface area contributed by atoms with Crippen molar-refractivity contribution in [1.82, 2.24) is 9.97 Å². The highest BCUT2D eigenvalue weighted by molar-refractivity contribution is 5.88. The number of carbonyl (C=O) groups is 1. The number of aryl methyl sites for hydroxylation is 1. The molecule has 0 spiro atoms. The molecule has 2 aromatic carbocycles. The second kappa shape index (κ2) is 9.32. The van der Waals surface area contributed by atoms with Crippen LogP contribution in [-0.4, -0.2) is 34.2 Å². The van der Waals surface area contributed by atoms with Crippen LogP contribution in [0.3, 0.4) is 0 Å². The van der Waals surface area contributed by atoms with E-state index in [1.807, 2.05) is 12.1 Å². The number of aromatic amines is 1. The fourth-order valence-electron chi connectivity index (χ4n) is 4.39. The molecule has 176 valence electrons. The van der Waals surface area contributed by atoms with Gasteiger partial charge in [0, 0.05) is 5.69 Å². The standard InChI is InChI=1S/C27H29N3O4/c1-5-12-30(19-9-6-17(7-10-19)26(32)33)23-11-8-18-13-22-21(14-20(18)23)25(31)29-24(28-22)15-34-16-27(2,3)4/h1,6-7,9-10,13-14,23H,8,11-12,15-16H2,2-4H3,(H,32,33)(H,28,29,31). The number of aromatic carboxylic acids is 1. The number of anilines is 1. The van der Waals surface area contributed by atoms with Crippen molar-refractivity contribution in [3.63, 3.8) is 0 Å². The minimum Gasteiger partial charge on any atom is -0.478 e. The number of H-pyrrole nitrogens is 1. The highest BCUT2D eigenvalue weighted by Gasteiger charge is 2.29. The van der Waals surface area contributed by atoms with Gasteiger partial charge < -0.3 is 19.7 Å². The van der Waals surface area contributed by atoms with Gasteiger partial charge in [-0.2, -0.15) is 0 Å². The van der Waals surface area contributed by atoms with Crippen LogP contribution in [0.25, 0.3) is 10.9 Å². The first-order valence-corrected chi connectivity index (χ1v) is 11.3. The van der Waals surface area contributed by atoms with Gasteiger partial charge in [0.15, 0.2) is 0 Å². The van der Waals surface area contributed by atoms with Crippen molar-refractivity contribution in [2.24, 2.45) is 5.41 Å². The van der Waals surface area contributed by atoms with Gasteiger partial charge in [-0.1, -0.05) is 26.7 Å². The molecule has 7 heteroatoms. The summed E-state index contributed by atoms with van der Waals surface area (Å²) < 4.78 is 5.73. The van der Waals surface area contributed by atoms with Crippen LogP contribution in [0.15, 0.2) is 41.2 Å². The predicted octanol–water partition coefficient (Wildman–Crippen LogP) is 4.31. The van der Waals surface area contributed by atoms with Gasteiger partial charge in [0.1, 0.15) is 12.4 Å². The van der Waals surface area contributed by atoms with Gasteiger partial charge in [-0.05, 0) is 65.8 Å². The third-order valence-corrected chi connectivity index (χ3v) is 5.92. The lowest BCUT2D eigenvalue weighted by Gasteiger charge is -2.30. The number of carboxylic acid groups (broad SMARTS) is 1. The molecule has 0 bridgehead atoms. The highest BCUT2D eigenvalue weighted by Crippen LogP contribution is 2.39. The van der Waals surface area contributed by atoms with E-state index in [1.54, 1.807) is 24.3 Å². The summed E-state index contributed by atoms with van der Waals surface area (Å²) in [6.45, 7) is 7.46. The van der Waals surface area contributed by atoms with Crippen LogP contribution in [0, 0.1) is 17.8 Å². The molecule has 34 heavy (non-hydrogen) atoms. The number of carboxylic acids is 1. The topological polar surface area (TPSA) is 95.5 Å². The van der Waals surface area contributed by atoms with Crippen molar-refractivity contribution >= 4 is 22.6 Å². The summed E-state index contributed by atoms with van der Waals surface area (Å²) in [7, 11) is 0. The van der Waals surface area contributed by atoms with Crippen LogP contribution in [-0.2, 0) is 17.8 Å². The number of terminal acetylenes is 1. The van der Waals surface area contributed by atoms with Gasteiger partial charge in [0.25, 0.3) is 5.56 Å². The number of benzene rings is 2. The Bertz CT molecular complexity index is 1310. The third-order valence-electron chi connectivity index (χ3n) is 5.92. The van der Waals surface area contributed by atoms with Crippen LogP contribution in [0.5, 0.6) is 0 Å². The van der Waals surface area contributed by atoms with Gasteiger partial charge >= 0.3 is 5.97 Å². The van der Waals surface area contributed by atoms with Gasteiger partial charge in [-0.3, -0.25) is 4.79 Å². The maximum Gasteiger partial charge on any atom is 0.335 e. The fraction of sp³-hybridized carbons (Fsp3) is 0.370. The summed E-state index contributed by atoms with van der Waals surface area (Å²) in [5.74, 6) is 2.26. The van der Waals surface area contributed by atoms with E-state index in [4.69, 9.17) is 11.2 Å². The van der Waals surface area contributed by atoms with Crippen LogP contribution < -0.4 is 10.5 Å². The Kier molecular flexibility index (Phi) is 6.45. The Hall–Kier alpha value is -3.63. The number of rotatable bonds is 7. The van der Waals surface area contributed by atoms with Crippen molar-refractivity contribution in [2.45, 2.75) is 46.3 Å². The number of aromatic nitrogens is 2. The lowest BCUT2D eigenvalue weighted by Crippen LogP contribution is -2.28. The number of fused-ring (bicyclic) bond motifs is 2. The second-order valence-electron chi connectivity index (χ2n) is 9.87. The van der Waals surface area contributed by atoms with E-state index in [2.05, 4.69) is 41.6 Å². The molecule has 1 atom stereocenters. The number of nitrogens with zero attached hydrogens (tertiary/aromatic N) is 2. The lowest BCUT2D eigenvalue weighted by atomic mass is 9.99. The second-order valence-corrected chi connectivity index (χ2v) is 9.87. The predicted molar refractivity (Wildman–Crippen MR) is 132 cm³/mol. The molecule has 2 N–H and O–H groups in total. The van der Waals surface area contributed by atoms with Crippen molar-refractivity contribution in [2.75, 3.05) is 18.1 Å². The molecule has 4 rings (SSSR count). The molecule has 3 aromatic rings. The largest absolute Gasteiger partial charge is 0.478 e. The number of ether oxygens (including phenoxy) is 1. The first kappa shape index (κ1) is 23.5. The van der Waals surface area contributed by atoms with Crippen molar-refractivity contribution in [1.29, 1.82) is 0 Å². The van der Waals surface area contributed by atoms with E-state index in [0.717, 1.165) is 29.7 Å². The van der Waals surface area contributed by atoms with Crippen LogP contribution in [0.1, 0.15) is 60.5 Å². The highest BCUT2D eigenvalue weighted by atomic mass is 16.5. The normalized spacial score (nSPS) is 15.2. The lowest BCUT2D eigenvalue weighted by molar-refractivity contribution is 0.0562. The van der Waals surface area contributed by atoms with E-state index < -0.39 is 5.97 Å². The maximum absolute atomic E-state index is 12.9. The molecule has 1 unspecified atom stereocenters. The van der Waals surface area contributed by atoms with Crippen LogP contribution >= 0.6 is 0 Å². The fourth-order valence-corrected chi connectivity index (χ4v) is 4.39. The van der Waals surface area contributed by atoms with E-state index in [-0.39, 0.29) is 29.2 Å². The van der Waals surface area contributed by atoms with Crippen molar-refractivity contribution < 1.29 is 14.6 Å². The Morgan fingerprint density at radius 1 is 1.29 bits per heavy atom. The monoisotopic (exact) mass is 459 g/mol. The Morgan fingerprint density at radius 2 is 2.03 bits per heavy atom. The zero-order chi connectivity index (χ0) is 24.5. The molecular formula is C27H29N3O4. The van der Waals surface area contributed by atoms with Gasteiger partial charge in [-0.25, -0.2) is 9.78 Å². The summed E-state index contributed by atoms with van der Waals surface area (Å²) in [6, 6.07) is 10.6. The molecule has 7 nitrogen and oxygen atoms in total. The number of hydrogen-bond acceptors (Lipinski definition) is 5. The summed E-state index contributed by atoms with van der Waals surface area (Å²) in [6.07, 6.45) is 7.35. The maximum atomic E-state index is 12.9. The molecule has 0 fully saturated rings. The summed E-state index contributed by atoms with van der Waals surface area (Å²) >= 11 is 0. The van der Waals surface area contributed by atoms with Gasteiger partial charge in [-0.15, -0.1) is 6.42 Å². The average molecular weight is 460 g/mol. The first-order chi connectivity index (χ1) is 16.2. The summed E-state index contributed by atoms with van der Waals surface area (Å²) in [4.78, 5) is 33.7. The molecule has 0 amide bonds.